The molecule has 2 rings (SSSR count). The minimum atomic E-state index is -0.502. The van der Waals surface area contributed by atoms with Gasteiger partial charge in [0.25, 0.3) is 0 Å². The number of hydrogen-bond acceptors (Lipinski definition) is 2. The number of rotatable bonds is 3. The Labute approximate surface area is 113 Å². The predicted octanol–water partition coefficient (Wildman–Crippen LogP) is 4.07. The highest BCUT2D eigenvalue weighted by Gasteiger charge is 2.06. The van der Waals surface area contributed by atoms with E-state index in [0.29, 0.717) is 12.2 Å². The molecule has 1 N–H and O–H groups in total. The molecule has 18 heavy (non-hydrogen) atoms. The largest absolute Gasteiger partial charge is 0.380 e. The van der Waals surface area contributed by atoms with Crippen molar-refractivity contribution in [1.29, 1.82) is 5.26 Å². The zero-order valence-electron chi connectivity index (χ0n) is 9.45. The summed E-state index contributed by atoms with van der Waals surface area (Å²) in [6, 6.07) is 14.2. The molecule has 0 aliphatic heterocycles. The summed E-state index contributed by atoms with van der Waals surface area (Å²) in [6.45, 7) is 0.547. The Hall–Kier alpha value is -1.86. The lowest BCUT2D eigenvalue weighted by Crippen LogP contribution is -2.02. The van der Waals surface area contributed by atoms with Gasteiger partial charge >= 0.3 is 0 Å². The zero-order valence-corrected chi connectivity index (χ0v) is 11.0. The SMILES string of the molecule is N#Cc1c(F)cccc1NCc1ccc(Br)cc1. The van der Waals surface area contributed by atoms with E-state index in [-0.39, 0.29) is 5.56 Å². The number of halogens is 2. The first-order chi connectivity index (χ1) is 8.70. The summed E-state index contributed by atoms with van der Waals surface area (Å²) in [5, 5.41) is 12.0. The molecule has 0 amide bonds. The highest BCUT2D eigenvalue weighted by Crippen LogP contribution is 2.19. The van der Waals surface area contributed by atoms with E-state index in [1.54, 1.807) is 12.1 Å². The van der Waals surface area contributed by atoms with Crippen LogP contribution in [-0.2, 0) is 6.54 Å². The Morgan fingerprint density at radius 3 is 2.56 bits per heavy atom. The van der Waals surface area contributed by atoms with Crippen LogP contribution in [0.15, 0.2) is 46.9 Å². The van der Waals surface area contributed by atoms with E-state index in [9.17, 15) is 4.39 Å². The average Bonchev–Trinajstić information content (AvgIpc) is 2.38. The molecule has 0 saturated heterocycles. The van der Waals surface area contributed by atoms with Gasteiger partial charge in [0, 0.05) is 11.0 Å². The lowest BCUT2D eigenvalue weighted by molar-refractivity contribution is 0.624. The van der Waals surface area contributed by atoms with Crippen molar-refractivity contribution in [2.24, 2.45) is 0 Å². The quantitative estimate of drug-likeness (QED) is 0.927. The van der Waals surface area contributed by atoms with Crippen molar-refractivity contribution in [3.05, 3.63) is 63.9 Å². The molecule has 2 aromatic rings. The fourth-order valence-corrected chi connectivity index (χ4v) is 1.85. The molecule has 0 atom stereocenters. The molecule has 4 heteroatoms. The smallest absolute Gasteiger partial charge is 0.143 e. The molecule has 0 bridgehead atoms. The summed E-state index contributed by atoms with van der Waals surface area (Å²) < 4.78 is 14.4. The Balaban J connectivity index is 2.14. The first-order valence-corrected chi connectivity index (χ1v) is 6.17. The summed E-state index contributed by atoms with van der Waals surface area (Å²) in [5.41, 5.74) is 1.63. The predicted molar refractivity (Wildman–Crippen MR) is 72.6 cm³/mol. The van der Waals surface area contributed by atoms with Crippen LogP contribution < -0.4 is 5.32 Å². The van der Waals surface area contributed by atoms with Gasteiger partial charge in [-0.1, -0.05) is 34.1 Å². The number of benzene rings is 2. The van der Waals surface area contributed by atoms with E-state index in [1.807, 2.05) is 30.3 Å². The Bertz CT molecular complexity index is 588. The molecule has 90 valence electrons. The molecule has 2 nitrogen and oxygen atoms in total. The number of hydrogen-bond donors (Lipinski definition) is 1. The average molecular weight is 305 g/mol. The van der Waals surface area contributed by atoms with Gasteiger partial charge in [0.15, 0.2) is 0 Å². The van der Waals surface area contributed by atoms with Crippen molar-refractivity contribution in [3.63, 3.8) is 0 Å². The normalized spacial score (nSPS) is 9.83. The van der Waals surface area contributed by atoms with Gasteiger partial charge in [0.2, 0.25) is 0 Å². The maximum Gasteiger partial charge on any atom is 0.143 e. The monoisotopic (exact) mass is 304 g/mol. The molecule has 0 aromatic heterocycles. The highest BCUT2D eigenvalue weighted by atomic mass is 79.9. The molecule has 0 saturated carbocycles. The fourth-order valence-electron chi connectivity index (χ4n) is 1.58. The first-order valence-electron chi connectivity index (χ1n) is 5.37. The van der Waals surface area contributed by atoms with Crippen LogP contribution in [0.3, 0.4) is 0 Å². The minimum Gasteiger partial charge on any atom is -0.380 e. The number of nitrogens with zero attached hydrogens (tertiary/aromatic N) is 1. The third kappa shape index (κ3) is 2.88. The molecule has 0 aliphatic rings. The topological polar surface area (TPSA) is 35.8 Å². The maximum atomic E-state index is 13.4. The van der Waals surface area contributed by atoms with Gasteiger partial charge in [-0.3, -0.25) is 0 Å². The number of nitriles is 1. The fraction of sp³-hybridized carbons (Fsp3) is 0.0714. The van der Waals surface area contributed by atoms with Crippen LogP contribution in [0.1, 0.15) is 11.1 Å². The summed E-state index contributed by atoms with van der Waals surface area (Å²) in [7, 11) is 0. The number of nitrogens with one attached hydrogen (secondary N) is 1. The van der Waals surface area contributed by atoms with Gasteiger partial charge < -0.3 is 5.32 Å². The van der Waals surface area contributed by atoms with E-state index in [1.165, 1.54) is 6.07 Å². The van der Waals surface area contributed by atoms with Gasteiger partial charge in [0.05, 0.1) is 5.69 Å². The van der Waals surface area contributed by atoms with Crippen LogP contribution in [-0.4, -0.2) is 0 Å². The minimum absolute atomic E-state index is 0.0506. The van der Waals surface area contributed by atoms with E-state index in [2.05, 4.69) is 21.2 Å². The van der Waals surface area contributed by atoms with E-state index in [0.717, 1.165) is 10.0 Å². The molecule has 0 spiro atoms. The van der Waals surface area contributed by atoms with Crippen molar-refractivity contribution in [2.75, 3.05) is 5.32 Å². The molecule has 0 aliphatic carbocycles. The van der Waals surface area contributed by atoms with Crippen LogP contribution >= 0.6 is 15.9 Å². The first kappa shape index (κ1) is 12.6. The van der Waals surface area contributed by atoms with E-state index >= 15 is 0 Å². The Kier molecular flexibility index (Phi) is 3.96. The van der Waals surface area contributed by atoms with Crippen molar-refractivity contribution in [3.8, 4) is 6.07 Å². The van der Waals surface area contributed by atoms with Crippen molar-refractivity contribution in [1.82, 2.24) is 0 Å². The summed E-state index contributed by atoms with van der Waals surface area (Å²) >= 11 is 3.36. The molecule has 0 fully saturated rings. The van der Waals surface area contributed by atoms with Crippen LogP contribution in [0.5, 0.6) is 0 Å². The second kappa shape index (κ2) is 5.65. The summed E-state index contributed by atoms with van der Waals surface area (Å²) in [4.78, 5) is 0. The van der Waals surface area contributed by atoms with E-state index < -0.39 is 5.82 Å². The Morgan fingerprint density at radius 2 is 1.89 bits per heavy atom. The van der Waals surface area contributed by atoms with Gasteiger partial charge in [-0.2, -0.15) is 5.26 Å². The van der Waals surface area contributed by atoms with Crippen LogP contribution in [0.4, 0.5) is 10.1 Å². The van der Waals surface area contributed by atoms with Gasteiger partial charge in [-0.15, -0.1) is 0 Å². The number of anilines is 1. The summed E-state index contributed by atoms with van der Waals surface area (Å²) in [6.07, 6.45) is 0. The second-order valence-electron chi connectivity index (χ2n) is 3.75. The highest BCUT2D eigenvalue weighted by molar-refractivity contribution is 9.10. The van der Waals surface area contributed by atoms with Crippen molar-refractivity contribution < 1.29 is 4.39 Å². The lowest BCUT2D eigenvalue weighted by Gasteiger charge is -2.08. The lowest BCUT2D eigenvalue weighted by atomic mass is 10.1. The molecule has 2 aromatic carbocycles. The standard InChI is InChI=1S/C14H10BrFN2/c15-11-6-4-10(5-7-11)9-18-14-3-1-2-13(16)12(14)8-17/h1-7,18H,9H2. The maximum absolute atomic E-state index is 13.4. The third-order valence-corrected chi connectivity index (χ3v) is 3.05. The van der Waals surface area contributed by atoms with Crippen molar-refractivity contribution >= 4 is 21.6 Å². The Morgan fingerprint density at radius 1 is 1.17 bits per heavy atom. The molecule has 0 unspecified atom stereocenters. The second-order valence-corrected chi connectivity index (χ2v) is 4.67. The molecule has 0 radical (unpaired) electrons. The van der Waals surface area contributed by atoms with Gasteiger partial charge in [-0.25, -0.2) is 4.39 Å². The molecular formula is C14H10BrFN2. The van der Waals surface area contributed by atoms with Gasteiger partial charge in [0.1, 0.15) is 17.4 Å². The molecule has 0 heterocycles. The third-order valence-electron chi connectivity index (χ3n) is 2.52. The van der Waals surface area contributed by atoms with Crippen LogP contribution in [0.25, 0.3) is 0 Å². The molecular weight excluding hydrogens is 295 g/mol. The van der Waals surface area contributed by atoms with Crippen molar-refractivity contribution in [2.45, 2.75) is 6.54 Å². The van der Waals surface area contributed by atoms with Crippen LogP contribution in [0.2, 0.25) is 0 Å². The van der Waals surface area contributed by atoms with Crippen LogP contribution in [0, 0.1) is 17.1 Å². The van der Waals surface area contributed by atoms with Gasteiger partial charge in [-0.05, 0) is 29.8 Å². The summed E-state index contributed by atoms with van der Waals surface area (Å²) in [5.74, 6) is -0.502. The van der Waals surface area contributed by atoms with E-state index in [4.69, 9.17) is 5.26 Å². The zero-order chi connectivity index (χ0) is 13.0.